The molecular weight excluding hydrogens is 902 g/mol. The van der Waals surface area contributed by atoms with Gasteiger partial charge in [-0.3, -0.25) is 0 Å². The molecule has 9 aromatic rings. The molecule has 10 rings (SSSR count). The first-order valence-corrected chi connectivity index (χ1v) is 19.8. The van der Waals surface area contributed by atoms with Gasteiger partial charge in [0.25, 0.3) is 0 Å². The number of hydrogen-bond donors (Lipinski definition) is 0. The van der Waals surface area contributed by atoms with Crippen LogP contribution in [0.4, 0.5) is 11.4 Å². The monoisotopic (exact) mass is 945 g/mol. The molecule has 1 aliphatic rings. The van der Waals surface area contributed by atoms with E-state index in [1.807, 2.05) is 12.1 Å². The number of aromatic nitrogens is 1. The SMILES string of the molecule is CC(C)(C)C1=NN(c2c(-c3ccccc3)cccc2-c2ccccc2)[CH-]N1c1c(-c2ccccc2)cccc1-c1ccccc1.[Au].c1ccc2c(c1)[n-]c1ccccc12. The van der Waals surface area contributed by atoms with Crippen LogP contribution in [0.25, 0.3) is 66.3 Å². The standard InChI is InChI=1S/C42H36N3.C12H8N.Au/c1-42(2,3)41-43-45(40-37(33-22-12-6-13-23-33)28-17-29-38(40)34-24-14-7-15-25-34)30-44(41)39-35(31-18-8-4-9-19-31)26-16-27-36(39)32-20-10-5-11-21-32;1-3-7-11-9(5-1)10-6-2-4-8-12(10)13-11;/h4-30H,1-3H3;1-8H;/q2*-1;. The Morgan fingerprint density at radius 3 is 1.12 bits per heavy atom. The van der Waals surface area contributed by atoms with E-state index >= 15 is 0 Å². The Balaban J connectivity index is 0.000000291. The zero-order valence-corrected chi connectivity index (χ0v) is 35.5. The van der Waals surface area contributed by atoms with Crippen LogP contribution in [0.5, 0.6) is 0 Å². The molecular formula is C54H44AuN4-2. The summed E-state index contributed by atoms with van der Waals surface area (Å²) < 4.78 is 0. The average molecular weight is 946 g/mol. The molecule has 293 valence electrons. The normalized spacial score (nSPS) is 12.5. The predicted molar refractivity (Wildman–Crippen MR) is 246 cm³/mol. The molecule has 0 unspecified atom stereocenters. The fourth-order valence-corrected chi connectivity index (χ4v) is 7.85. The van der Waals surface area contributed by atoms with E-state index in [2.05, 4.69) is 236 Å². The zero-order chi connectivity index (χ0) is 39.5. The molecule has 5 heteroatoms. The summed E-state index contributed by atoms with van der Waals surface area (Å²) in [5.74, 6) is 0.977. The Labute approximate surface area is 363 Å². The first kappa shape index (κ1) is 39.4. The topological polar surface area (TPSA) is 32.9 Å². The molecule has 0 fully saturated rings. The third-order valence-electron chi connectivity index (χ3n) is 10.5. The Bertz CT molecular complexity index is 2680. The Morgan fingerprint density at radius 1 is 0.407 bits per heavy atom. The van der Waals surface area contributed by atoms with Gasteiger partial charge in [0.05, 0.1) is 0 Å². The van der Waals surface area contributed by atoms with Crippen molar-refractivity contribution >= 4 is 39.0 Å². The molecule has 1 radical (unpaired) electrons. The molecule has 8 aromatic carbocycles. The van der Waals surface area contributed by atoms with Crippen LogP contribution in [0.3, 0.4) is 0 Å². The third-order valence-corrected chi connectivity index (χ3v) is 10.5. The Hall–Kier alpha value is -6.43. The molecule has 4 nitrogen and oxygen atoms in total. The Morgan fingerprint density at radius 2 is 0.746 bits per heavy atom. The first-order chi connectivity index (χ1) is 28.4. The van der Waals surface area contributed by atoms with Gasteiger partial charge in [-0.1, -0.05) is 227 Å². The fraction of sp³-hybridized carbons (Fsp3) is 0.0741. The second-order valence-corrected chi connectivity index (χ2v) is 15.5. The molecule has 0 bridgehead atoms. The Kier molecular flexibility index (Phi) is 11.5. The minimum atomic E-state index is -0.252. The summed E-state index contributed by atoms with van der Waals surface area (Å²) >= 11 is 0. The minimum absolute atomic E-state index is 0. The molecule has 0 saturated heterocycles. The quantitative estimate of drug-likeness (QED) is 0.123. The molecule has 0 spiro atoms. The summed E-state index contributed by atoms with van der Waals surface area (Å²) in [6, 6.07) is 72.2. The number of fused-ring (bicyclic) bond motifs is 3. The van der Waals surface area contributed by atoms with Gasteiger partial charge in [0.1, 0.15) is 5.84 Å². The van der Waals surface area contributed by atoms with Gasteiger partial charge in [0, 0.05) is 61.4 Å². The van der Waals surface area contributed by atoms with E-state index in [9.17, 15) is 0 Å². The summed E-state index contributed by atoms with van der Waals surface area (Å²) in [6.45, 7) is 8.91. The maximum absolute atomic E-state index is 5.45. The van der Waals surface area contributed by atoms with Gasteiger partial charge in [-0.2, -0.15) is 5.10 Å². The van der Waals surface area contributed by atoms with Crippen LogP contribution in [-0.2, 0) is 22.4 Å². The van der Waals surface area contributed by atoms with Crippen LogP contribution < -0.4 is 14.9 Å². The van der Waals surface area contributed by atoms with Crippen molar-refractivity contribution in [1.29, 1.82) is 0 Å². The van der Waals surface area contributed by atoms with Crippen molar-refractivity contribution in [3.8, 4) is 44.5 Å². The van der Waals surface area contributed by atoms with Crippen LogP contribution in [0.1, 0.15) is 20.8 Å². The molecule has 0 atom stereocenters. The van der Waals surface area contributed by atoms with Gasteiger partial charge in [-0.15, -0.1) is 17.7 Å². The molecule has 1 aromatic heterocycles. The van der Waals surface area contributed by atoms with Gasteiger partial charge in [0.2, 0.25) is 0 Å². The summed E-state index contributed by atoms with van der Waals surface area (Å²) in [5, 5.41) is 10.0. The van der Waals surface area contributed by atoms with Gasteiger partial charge in [0.15, 0.2) is 0 Å². The number of amidine groups is 1. The number of anilines is 2. The van der Waals surface area contributed by atoms with Gasteiger partial charge in [-0.25, -0.2) is 0 Å². The second-order valence-electron chi connectivity index (χ2n) is 15.5. The fourth-order valence-electron chi connectivity index (χ4n) is 7.85. The van der Waals surface area contributed by atoms with Gasteiger partial charge in [-0.05, 0) is 33.0 Å². The van der Waals surface area contributed by atoms with Crippen molar-refractivity contribution in [2.24, 2.45) is 10.5 Å². The summed E-state index contributed by atoms with van der Waals surface area (Å²) in [6.07, 6.45) is 0. The molecule has 0 aliphatic carbocycles. The number of hydrazone groups is 1. The van der Waals surface area contributed by atoms with Crippen LogP contribution >= 0.6 is 0 Å². The number of rotatable bonds is 6. The number of nitrogens with zero attached hydrogens (tertiary/aromatic N) is 4. The molecule has 0 N–H and O–H groups in total. The van der Waals surface area contributed by atoms with Gasteiger partial charge >= 0.3 is 0 Å². The van der Waals surface area contributed by atoms with Crippen molar-refractivity contribution in [3.05, 3.63) is 213 Å². The van der Waals surface area contributed by atoms with E-state index in [1.165, 1.54) is 21.9 Å². The van der Waals surface area contributed by atoms with E-state index in [0.717, 1.165) is 61.6 Å². The van der Waals surface area contributed by atoms with E-state index in [-0.39, 0.29) is 27.8 Å². The first-order valence-electron chi connectivity index (χ1n) is 19.8. The molecule has 0 saturated carbocycles. The minimum Gasteiger partial charge on any atom is -0.657 e. The number of hydrogen-bond acceptors (Lipinski definition) is 3. The van der Waals surface area contributed by atoms with Gasteiger partial charge < -0.3 is 14.9 Å². The zero-order valence-electron chi connectivity index (χ0n) is 33.3. The molecule has 59 heavy (non-hydrogen) atoms. The smallest absolute Gasteiger partial charge is 0.104 e. The number of para-hydroxylation sites is 4. The van der Waals surface area contributed by atoms with Crippen molar-refractivity contribution in [2.45, 2.75) is 20.8 Å². The van der Waals surface area contributed by atoms with Crippen LogP contribution in [0.15, 0.2) is 211 Å². The summed E-state index contributed by atoms with van der Waals surface area (Å²) in [5.41, 5.74) is 13.3. The van der Waals surface area contributed by atoms with Crippen molar-refractivity contribution in [1.82, 2.24) is 4.98 Å². The van der Waals surface area contributed by atoms with Crippen molar-refractivity contribution in [2.75, 3.05) is 9.91 Å². The van der Waals surface area contributed by atoms with Crippen LogP contribution in [0.2, 0.25) is 0 Å². The molecule has 2 heterocycles. The second kappa shape index (κ2) is 17.2. The number of benzene rings is 8. The summed E-state index contributed by atoms with van der Waals surface area (Å²) in [4.78, 5) is 6.84. The van der Waals surface area contributed by atoms with Crippen LogP contribution in [0, 0.1) is 12.1 Å². The van der Waals surface area contributed by atoms with E-state index in [1.54, 1.807) is 0 Å². The molecule has 0 amide bonds. The maximum Gasteiger partial charge on any atom is 0.104 e. The van der Waals surface area contributed by atoms with Crippen LogP contribution in [-0.4, -0.2) is 5.84 Å². The average Bonchev–Trinajstić information content (AvgIpc) is 3.90. The third kappa shape index (κ3) is 8.04. The van der Waals surface area contributed by atoms with Crippen molar-refractivity contribution in [3.63, 3.8) is 0 Å². The maximum atomic E-state index is 5.45. The van der Waals surface area contributed by atoms with E-state index in [4.69, 9.17) is 5.10 Å². The summed E-state index contributed by atoms with van der Waals surface area (Å²) in [7, 11) is 0. The molecule has 1 aliphatic heterocycles. The predicted octanol–water partition coefficient (Wildman–Crippen LogP) is 14.1. The van der Waals surface area contributed by atoms with E-state index in [0.29, 0.717) is 0 Å². The van der Waals surface area contributed by atoms with Crippen molar-refractivity contribution < 1.29 is 22.4 Å². The van der Waals surface area contributed by atoms with E-state index < -0.39 is 0 Å². The largest absolute Gasteiger partial charge is 0.657 e.